The Bertz CT molecular complexity index is 839. The Hall–Kier alpha value is -2.45. The van der Waals surface area contributed by atoms with Crippen LogP contribution in [0.15, 0.2) is 46.0 Å². The highest BCUT2D eigenvalue weighted by molar-refractivity contribution is 8.15. The van der Waals surface area contributed by atoms with Gasteiger partial charge in [-0.2, -0.15) is 0 Å². The zero-order chi connectivity index (χ0) is 18.5. The van der Waals surface area contributed by atoms with Gasteiger partial charge < -0.3 is 19.8 Å². The molecule has 2 N–H and O–H groups in total. The molecule has 1 aromatic heterocycles. The Morgan fingerprint density at radius 3 is 3.00 bits per heavy atom. The maximum Gasteiger partial charge on any atom is 0.240 e. The number of aliphatic imine (C=N–C) groups is 1. The minimum absolute atomic E-state index is 0.0277. The number of ether oxygens (including phenoxy) is 1. The minimum atomic E-state index is -0.529. The number of hydrogen-bond donors (Lipinski definition) is 2. The van der Waals surface area contributed by atoms with Gasteiger partial charge >= 0.3 is 0 Å². The van der Waals surface area contributed by atoms with E-state index < -0.39 is 5.25 Å². The summed E-state index contributed by atoms with van der Waals surface area (Å²) in [6.07, 6.45) is 1.59. The number of amides is 2. The average Bonchev–Trinajstić information content (AvgIpc) is 3.23. The average molecular weight is 394 g/mol. The van der Waals surface area contributed by atoms with Gasteiger partial charge in [0.25, 0.3) is 0 Å². The molecule has 1 unspecified atom stereocenters. The van der Waals surface area contributed by atoms with Gasteiger partial charge in [0, 0.05) is 12.1 Å². The maximum atomic E-state index is 12.2. The van der Waals surface area contributed by atoms with Crippen LogP contribution >= 0.6 is 23.4 Å². The second kappa shape index (κ2) is 8.29. The molecular formula is C17H16ClN3O4S. The topological polar surface area (TPSA) is 92.9 Å². The molecule has 9 heteroatoms. The van der Waals surface area contributed by atoms with Crippen molar-refractivity contribution in [3.8, 4) is 5.75 Å². The van der Waals surface area contributed by atoms with Crippen LogP contribution in [0.3, 0.4) is 0 Å². The number of halogens is 1. The van der Waals surface area contributed by atoms with Crippen molar-refractivity contribution in [2.45, 2.75) is 18.2 Å². The number of methoxy groups -OCH3 is 1. The molecule has 1 aliphatic heterocycles. The minimum Gasteiger partial charge on any atom is -0.495 e. The lowest BCUT2D eigenvalue weighted by atomic mass is 10.2. The summed E-state index contributed by atoms with van der Waals surface area (Å²) in [5.41, 5.74) is 0.538. The van der Waals surface area contributed by atoms with Crippen LogP contribution in [0.5, 0.6) is 5.75 Å². The lowest BCUT2D eigenvalue weighted by molar-refractivity contribution is -0.122. The highest BCUT2D eigenvalue weighted by atomic mass is 35.5. The Labute approximate surface area is 159 Å². The molecule has 1 aliphatic rings. The van der Waals surface area contributed by atoms with Crippen LogP contribution < -0.4 is 15.4 Å². The number of furan rings is 1. The van der Waals surface area contributed by atoms with E-state index in [9.17, 15) is 9.59 Å². The Kier molecular flexibility index (Phi) is 5.85. The van der Waals surface area contributed by atoms with Crippen molar-refractivity contribution in [1.82, 2.24) is 5.32 Å². The van der Waals surface area contributed by atoms with Gasteiger partial charge in [-0.25, -0.2) is 0 Å². The molecule has 0 aliphatic carbocycles. The Balaban J connectivity index is 1.55. The molecule has 1 aromatic carbocycles. The lowest BCUT2D eigenvalue weighted by Crippen LogP contribution is -2.28. The first-order valence-electron chi connectivity index (χ1n) is 7.73. The van der Waals surface area contributed by atoms with Crippen molar-refractivity contribution in [3.63, 3.8) is 0 Å². The number of thioether (sulfide) groups is 1. The highest BCUT2D eigenvalue weighted by Gasteiger charge is 2.32. The van der Waals surface area contributed by atoms with Crippen LogP contribution in [0.2, 0.25) is 5.02 Å². The number of rotatable bonds is 6. The van der Waals surface area contributed by atoms with Gasteiger partial charge in [0.05, 0.1) is 24.9 Å². The van der Waals surface area contributed by atoms with Gasteiger partial charge in [-0.1, -0.05) is 23.4 Å². The second-order valence-electron chi connectivity index (χ2n) is 5.40. The predicted molar refractivity (Wildman–Crippen MR) is 101 cm³/mol. The molecule has 1 saturated heterocycles. The third-order valence-electron chi connectivity index (χ3n) is 3.54. The quantitative estimate of drug-likeness (QED) is 0.786. The van der Waals surface area contributed by atoms with E-state index in [0.29, 0.717) is 33.9 Å². The maximum absolute atomic E-state index is 12.2. The number of amidine groups is 1. The van der Waals surface area contributed by atoms with Crippen molar-refractivity contribution >= 4 is 46.0 Å². The van der Waals surface area contributed by atoms with Crippen molar-refractivity contribution in [2.24, 2.45) is 4.99 Å². The molecule has 136 valence electrons. The molecule has 2 heterocycles. The van der Waals surface area contributed by atoms with Gasteiger partial charge in [-0.05, 0) is 30.3 Å². The van der Waals surface area contributed by atoms with Crippen molar-refractivity contribution in [3.05, 3.63) is 47.4 Å². The number of nitrogens with one attached hydrogen (secondary N) is 2. The number of nitrogens with zero attached hydrogens (tertiary/aromatic N) is 1. The first kappa shape index (κ1) is 18.3. The van der Waals surface area contributed by atoms with Gasteiger partial charge in [0.1, 0.15) is 16.8 Å². The van der Waals surface area contributed by atoms with Crippen LogP contribution in [-0.2, 0) is 16.1 Å². The Morgan fingerprint density at radius 1 is 1.46 bits per heavy atom. The fraction of sp³-hybridized carbons (Fsp3) is 0.235. The zero-order valence-corrected chi connectivity index (χ0v) is 15.4. The molecule has 2 amide bonds. The SMILES string of the molecule is COc1ccc(NC(=O)CC2SC(=NCc3ccco3)NC2=O)cc1Cl. The summed E-state index contributed by atoms with van der Waals surface area (Å²) < 4.78 is 10.3. The van der Waals surface area contributed by atoms with Crippen LogP contribution in [0.4, 0.5) is 5.69 Å². The molecule has 0 spiro atoms. The monoisotopic (exact) mass is 393 g/mol. The fourth-order valence-corrected chi connectivity index (χ4v) is 3.52. The van der Waals surface area contributed by atoms with Crippen LogP contribution in [-0.4, -0.2) is 29.3 Å². The van der Waals surface area contributed by atoms with E-state index >= 15 is 0 Å². The fourth-order valence-electron chi connectivity index (χ4n) is 2.29. The summed E-state index contributed by atoms with van der Waals surface area (Å²) in [4.78, 5) is 28.5. The van der Waals surface area contributed by atoms with Crippen LogP contribution in [0.25, 0.3) is 0 Å². The molecule has 0 radical (unpaired) electrons. The van der Waals surface area contributed by atoms with Crippen molar-refractivity contribution in [2.75, 3.05) is 12.4 Å². The van der Waals surface area contributed by atoms with E-state index in [1.165, 1.54) is 18.9 Å². The van der Waals surface area contributed by atoms with E-state index in [-0.39, 0.29) is 18.2 Å². The number of carbonyl (C=O) groups is 2. The summed E-state index contributed by atoms with van der Waals surface area (Å²) in [5.74, 6) is 0.694. The van der Waals surface area contributed by atoms with E-state index in [1.54, 1.807) is 36.6 Å². The molecule has 26 heavy (non-hydrogen) atoms. The molecule has 7 nitrogen and oxygen atoms in total. The van der Waals surface area contributed by atoms with Crippen LogP contribution in [0.1, 0.15) is 12.2 Å². The van der Waals surface area contributed by atoms with E-state index in [1.807, 2.05) is 0 Å². The predicted octanol–water partition coefficient (Wildman–Crippen LogP) is 3.06. The van der Waals surface area contributed by atoms with E-state index in [2.05, 4.69) is 15.6 Å². The number of anilines is 1. The summed E-state index contributed by atoms with van der Waals surface area (Å²) in [6, 6.07) is 8.51. The van der Waals surface area contributed by atoms with E-state index in [4.69, 9.17) is 20.8 Å². The van der Waals surface area contributed by atoms with Gasteiger partial charge in [-0.3, -0.25) is 14.6 Å². The molecule has 0 saturated carbocycles. The molecule has 3 rings (SSSR count). The Morgan fingerprint density at radius 2 is 2.31 bits per heavy atom. The van der Waals surface area contributed by atoms with Gasteiger partial charge in [-0.15, -0.1) is 0 Å². The summed E-state index contributed by atoms with van der Waals surface area (Å²) in [5, 5.41) is 5.75. The highest BCUT2D eigenvalue weighted by Crippen LogP contribution is 2.28. The largest absolute Gasteiger partial charge is 0.495 e. The molecule has 1 atom stereocenters. The molecule has 1 fully saturated rings. The first-order chi connectivity index (χ1) is 12.5. The zero-order valence-electron chi connectivity index (χ0n) is 13.8. The summed E-state index contributed by atoms with van der Waals surface area (Å²) in [6.45, 7) is 0.332. The number of benzene rings is 1. The normalized spacial score (nSPS) is 18.0. The lowest BCUT2D eigenvalue weighted by Gasteiger charge is -2.09. The van der Waals surface area contributed by atoms with Gasteiger partial charge in [0.15, 0.2) is 5.17 Å². The van der Waals surface area contributed by atoms with Crippen molar-refractivity contribution in [1.29, 1.82) is 0 Å². The van der Waals surface area contributed by atoms with E-state index in [0.717, 1.165) is 0 Å². The third kappa shape index (κ3) is 4.59. The molecule has 0 bridgehead atoms. The number of hydrogen-bond acceptors (Lipinski definition) is 6. The van der Waals surface area contributed by atoms with Crippen LogP contribution in [0, 0.1) is 0 Å². The summed E-state index contributed by atoms with van der Waals surface area (Å²) >= 11 is 7.26. The standard InChI is InChI=1S/C17H16ClN3O4S/c1-24-13-5-4-10(7-12(13)18)20-15(22)8-14-16(23)21-17(26-14)19-9-11-3-2-6-25-11/h2-7,14H,8-9H2,1H3,(H,20,22)(H,19,21,23). The smallest absolute Gasteiger partial charge is 0.240 e. The summed E-state index contributed by atoms with van der Waals surface area (Å²) in [7, 11) is 1.51. The third-order valence-corrected chi connectivity index (χ3v) is 4.96. The number of carbonyl (C=O) groups excluding carboxylic acids is 2. The van der Waals surface area contributed by atoms with Gasteiger partial charge in [0.2, 0.25) is 11.8 Å². The van der Waals surface area contributed by atoms with Crippen molar-refractivity contribution < 1.29 is 18.7 Å². The molecule has 2 aromatic rings. The first-order valence-corrected chi connectivity index (χ1v) is 8.98. The molecular weight excluding hydrogens is 378 g/mol. The second-order valence-corrected chi connectivity index (χ2v) is 7.00.